The van der Waals surface area contributed by atoms with E-state index in [1.54, 1.807) is 0 Å². The van der Waals surface area contributed by atoms with Crippen molar-refractivity contribution in [1.82, 2.24) is 0 Å². The van der Waals surface area contributed by atoms with E-state index in [4.69, 9.17) is 14.2 Å². The highest BCUT2D eigenvalue weighted by Gasteiger charge is 2.27. The second kappa shape index (κ2) is 5.10. The number of hydrogen-bond acceptors (Lipinski definition) is 3. The van der Waals surface area contributed by atoms with Crippen LogP contribution >= 0.6 is 0 Å². The zero-order valence-electron chi connectivity index (χ0n) is 8.61. The Hall–Kier alpha value is -0.120. The van der Waals surface area contributed by atoms with E-state index in [2.05, 4.69) is 6.92 Å². The lowest BCUT2D eigenvalue weighted by Gasteiger charge is -2.33. The van der Waals surface area contributed by atoms with Crippen LogP contribution in [0.4, 0.5) is 0 Å². The molecule has 2 fully saturated rings. The molecule has 0 aromatic rings. The van der Waals surface area contributed by atoms with E-state index in [1.807, 2.05) is 0 Å². The minimum atomic E-state index is -0.0192. The van der Waals surface area contributed by atoms with Gasteiger partial charge in [-0.05, 0) is 39.0 Å². The monoisotopic (exact) mass is 199 g/mol. The van der Waals surface area contributed by atoms with Gasteiger partial charge in [0, 0.05) is 13.2 Å². The van der Waals surface area contributed by atoms with Crippen LogP contribution in [0.5, 0.6) is 0 Å². The summed E-state index contributed by atoms with van der Waals surface area (Å²) in [4.78, 5) is 0. The van der Waals surface area contributed by atoms with Crippen molar-refractivity contribution in [2.24, 2.45) is 0 Å². The van der Waals surface area contributed by atoms with E-state index in [1.165, 1.54) is 6.42 Å². The zero-order chi connectivity index (χ0) is 9.80. The minimum Gasteiger partial charge on any atom is -0.376 e. The van der Waals surface area contributed by atoms with Crippen LogP contribution in [0, 0.1) is 6.92 Å². The molecule has 0 aromatic heterocycles. The molecule has 0 amide bonds. The fourth-order valence-electron chi connectivity index (χ4n) is 1.98. The van der Waals surface area contributed by atoms with Crippen molar-refractivity contribution >= 4 is 0 Å². The largest absolute Gasteiger partial charge is 0.376 e. The molecule has 2 rings (SSSR count). The summed E-state index contributed by atoms with van der Waals surface area (Å²) in [5, 5.41) is 0. The molecule has 0 N–H and O–H groups in total. The maximum atomic E-state index is 5.83. The van der Waals surface area contributed by atoms with Crippen molar-refractivity contribution in [2.75, 3.05) is 13.2 Å². The summed E-state index contributed by atoms with van der Waals surface area (Å²) in [6.07, 6.45) is 5.61. The van der Waals surface area contributed by atoms with E-state index < -0.39 is 0 Å². The second-order valence-corrected chi connectivity index (χ2v) is 4.02. The average Bonchev–Trinajstić information content (AvgIpc) is 2.23. The van der Waals surface area contributed by atoms with Crippen molar-refractivity contribution in [2.45, 2.75) is 50.6 Å². The molecular weight excluding hydrogens is 180 g/mol. The highest BCUT2D eigenvalue weighted by molar-refractivity contribution is 4.77. The van der Waals surface area contributed by atoms with Gasteiger partial charge in [-0.2, -0.15) is 0 Å². The van der Waals surface area contributed by atoms with Crippen LogP contribution in [0.25, 0.3) is 0 Å². The van der Waals surface area contributed by atoms with Gasteiger partial charge in [-0.25, -0.2) is 0 Å². The zero-order valence-corrected chi connectivity index (χ0v) is 8.61. The van der Waals surface area contributed by atoms with Crippen molar-refractivity contribution in [3.8, 4) is 0 Å². The molecule has 14 heavy (non-hydrogen) atoms. The Morgan fingerprint density at radius 2 is 1.86 bits per heavy atom. The lowest BCUT2D eigenvalue weighted by Crippen LogP contribution is -2.38. The Morgan fingerprint density at radius 1 is 1.00 bits per heavy atom. The van der Waals surface area contributed by atoms with Crippen molar-refractivity contribution < 1.29 is 14.2 Å². The molecule has 0 aromatic carbocycles. The van der Waals surface area contributed by atoms with Gasteiger partial charge >= 0.3 is 0 Å². The van der Waals surface area contributed by atoms with Gasteiger partial charge in [-0.3, -0.25) is 0 Å². The van der Waals surface area contributed by atoms with E-state index in [-0.39, 0.29) is 18.5 Å². The van der Waals surface area contributed by atoms with Crippen LogP contribution in [0.1, 0.15) is 32.1 Å². The highest BCUT2D eigenvalue weighted by Crippen LogP contribution is 2.22. The summed E-state index contributed by atoms with van der Waals surface area (Å²) >= 11 is 0. The lowest BCUT2D eigenvalue weighted by molar-refractivity contribution is -0.216. The van der Waals surface area contributed by atoms with E-state index in [9.17, 15) is 0 Å². The van der Waals surface area contributed by atoms with Gasteiger partial charge < -0.3 is 14.2 Å². The molecule has 81 valence electrons. The van der Waals surface area contributed by atoms with Crippen LogP contribution in [0.2, 0.25) is 0 Å². The molecule has 1 radical (unpaired) electrons. The van der Waals surface area contributed by atoms with Gasteiger partial charge in [0.2, 0.25) is 0 Å². The quantitative estimate of drug-likeness (QED) is 0.680. The molecule has 3 nitrogen and oxygen atoms in total. The minimum absolute atomic E-state index is 0.0142. The van der Waals surface area contributed by atoms with Gasteiger partial charge in [0.25, 0.3) is 0 Å². The highest BCUT2D eigenvalue weighted by atomic mass is 16.7. The molecule has 3 heteroatoms. The van der Waals surface area contributed by atoms with Crippen LogP contribution in [-0.4, -0.2) is 31.7 Å². The predicted octanol–water partition coefficient (Wildman–Crippen LogP) is 1.91. The molecule has 2 aliphatic rings. The molecule has 0 bridgehead atoms. The fourth-order valence-corrected chi connectivity index (χ4v) is 1.98. The molecule has 2 aliphatic heterocycles. The first-order valence-electron chi connectivity index (χ1n) is 5.58. The maximum absolute atomic E-state index is 5.83. The van der Waals surface area contributed by atoms with Crippen LogP contribution < -0.4 is 0 Å². The molecule has 2 heterocycles. The van der Waals surface area contributed by atoms with Gasteiger partial charge in [-0.15, -0.1) is 0 Å². The van der Waals surface area contributed by atoms with Crippen molar-refractivity contribution in [3.05, 3.63) is 6.92 Å². The van der Waals surface area contributed by atoms with E-state index in [0.717, 1.165) is 38.9 Å². The predicted molar refractivity (Wildman–Crippen MR) is 52.8 cm³/mol. The molecular formula is C11H19O3. The Bertz CT molecular complexity index is 166. The summed E-state index contributed by atoms with van der Waals surface area (Å²) < 4.78 is 16.8. The Labute approximate surface area is 85.7 Å². The molecule has 2 saturated heterocycles. The van der Waals surface area contributed by atoms with Gasteiger partial charge in [0.1, 0.15) is 0 Å². The number of hydrogen-bond donors (Lipinski definition) is 0. The van der Waals surface area contributed by atoms with Gasteiger partial charge in [-0.1, -0.05) is 0 Å². The van der Waals surface area contributed by atoms with Crippen LogP contribution in [0.3, 0.4) is 0 Å². The third-order valence-electron chi connectivity index (χ3n) is 2.84. The summed E-state index contributed by atoms with van der Waals surface area (Å²) in [7, 11) is 0. The average molecular weight is 199 g/mol. The second-order valence-electron chi connectivity index (χ2n) is 4.02. The van der Waals surface area contributed by atoms with Crippen LogP contribution in [-0.2, 0) is 14.2 Å². The standard InChI is InChI=1S/C11H19O3/c1-9-10(5-4-8-12-9)14-11-6-2-3-7-13-11/h9-11H,1-8H2/t9-,10+,11?/m0/s1. The molecule has 0 spiro atoms. The Balaban J connectivity index is 1.76. The van der Waals surface area contributed by atoms with E-state index >= 15 is 0 Å². The summed E-state index contributed by atoms with van der Waals surface area (Å²) in [6.45, 7) is 5.59. The summed E-state index contributed by atoms with van der Waals surface area (Å²) in [6, 6.07) is 0. The number of rotatable bonds is 2. The molecule has 1 unspecified atom stereocenters. The van der Waals surface area contributed by atoms with Crippen molar-refractivity contribution in [1.29, 1.82) is 0 Å². The normalized spacial score (nSPS) is 39.6. The SMILES string of the molecule is [CH2][C@@H]1OCCC[C@H]1OC1CCCCO1. The molecule has 0 aliphatic carbocycles. The first-order valence-corrected chi connectivity index (χ1v) is 5.58. The van der Waals surface area contributed by atoms with Gasteiger partial charge in [0.15, 0.2) is 6.29 Å². The topological polar surface area (TPSA) is 27.7 Å². The smallest absolute Gasteiger partial charge is 0.158 e. The van der Waals surface area contributed by atoms with E-state index in [0.29, 0.717) is 0 Å². The first-order chi connectivity index (χ1) is 6.86. The van der Waals surface area contributed by atoms with Crippen molar-refractivity contribution in [3.63, 3.8) is 0 Å². The summed E-state index contributed by atoms with van der Waals surface area (Å²) in [5.41, 5.74) is 0. The Kier molecular flexibility index (Phi) is 3.79. The molecule has 0 saturated carbocycles. The maximum Gasteiger partial charge on any atom is 0.158 e. The Morgan fingerprint density at radius 3 is 2.57 bits per heavy atom. The molecule has 3 atom stereocenters. The third-order valence-corrected chi connectivity index (χ3v) is 2.84. The van der Waals surface area contributed by atoms with Crippen LogP contribution in [0.15, 0.2) is 0 Å². The first kappa shape index (κ1) is 10.4. The lowest BCUT2D eigenvalue weighted by atomic mass is 10.1. The summed E-state index contributed by atoms with van der Waals surface area (Å²) in [5.74, 6) is 0. The number of ether oxygens (including phenoxy) is 3. The fraction of sp³-hybridized carbons (Fsp3) is 0.909. The third kappa shape index (κ3) is 2.69. The van der Waals surface area contributed by atoms with Gasteiger partial charge in [0.05, 0.1) is 12.2 Å².